The van der Waals surface area contributed by atoms with Crippen LogP contribution in [0.2, 0.25) is 0 Å². The average molecular weight is 397 g/mol. The maximum Gasteiger partial charge on any atom is 0.232 e. The van der Waals surface area contributed by atoms with E-state index in [1.807, 2.05) is 18.2 Å². The number of benzene rings is 1. The van der Waals surface area contributed by atoms with Crippen LogP contribution in [0.4, 0.5) is 5.69 Å². The van der Waals surface area contributed by atoms with Crippen LogP contribution in [0, 0.1) is 5.92 Å². The van der Waals surface area contributed by atoms with E-state index in [1.165, 1.54) is 10.6 Å². The zero-order valence-electron chi connectivity index (χ0n) is 17.9. The molecule has 0 spiro atoms. The highest BCUT2D eigenvalue weighted by Crippen LogP contribution is 2.36. The average Bonchev–Trinajstić information content (AvgIpc) is 2.53. The number of para-hydroxylation sites is 1. The van der Waals surface area contributed by atoms with E-state index in [9.17, 15) is 13.2 Å². The molecule has 1 aromatic carbocycles. The Morgan fingerprint density at radius 3 is 1.96 bits per heavy atom. The largest absolute Gasteiger partial charge is 0.356 e. The molecule has 0 saturated heterocycles. The first-order chi connectivity index (χ1) is 12.4. The van der Waals surface area contributed by atoms with Gasteiger partial charge in [0.05, 0.1) is 11.9 Å². The van der Waals surface area contributed by atoms with Crippen LogP contribution in [0.15, 0.2) is 18.2 Å². The van der Waals surface area contributed by atoms with Crippen LogP contribution in [0.3, 0.4) is 0 Å². The minimum absolute atomic E-state index is 0.113. The van der Waals surface area contributed by atoms with Crippen molar-refractivity contribution in [2.45, 2.75) is 66.2 Å². The number of carbonyl (C=O) groups excluding carboxylic acids is 1. The molecule has 0 saturated carbocycles. The SMILES string of the molecule is CC(C)CCNC(=O)CCN(c1c(C(C)C)cccc1C(C)C)S(C)(=O)=O. The van der Waals surface area contributed by atoms with Gasteiger partial charge in [0, 0.05) is 19.5 Å². The van der Waals surface area contributed by atoms with Crippen LogP contribution in [0.25, 0.3) is 0 Å². The monoisotopic (exact) mass is 396 g/mol. The van der Waals surface area contributed by atoms with Crippen molar-refractivity contribution in [2.24, 2.45) is 5.92 Å². The molecule has 0 aliphatic carbocycles. The molecule has 0 fully saturated rings. The van der Waals surface area contributed by atoms with Crippen LogP contribution in [0.5, 0.6) is 0 Å². The number of hydrogen-bond donors (Lipinski definition) is 1. The van der Waals surface area contributed by atoms with Gasteiger partial charge < -0.3 is 5.32 Å². The Morgan fingerprint density at radius 2 is 1.56 bits per heavy atom. The molecule has 5 nitrogen and oxygen atoms in total. The molecular formula is C21H36N2O3S. The lowest BCUT2D eigenvalue weighted by Gasteiger charge is -2.29. The van der Waals surface area contributed by atoms with Crippen LogP contribution in [0.1, 0.15) is 77.3 Å². The van der Waals surface area contributed by atoms with E-state index in [0.717, 1.165) is 23.2 Å². The van der Waals surface area contributed by atoms with E-state index < -0.39 is 10.0 Å². The Kier molecular flexibility index (Phi) is 8.79. The van der Waals surface area contributed by atoms with Gasteiger partial charge in [-0.2, -0.15) is 0 Å². The number of hydrogen-bond acceptors (Lipinski definition) is 3. The maximum atomic E-state index is 12.6. The third-order valence-corrected chi connectivity index (χ3v) is 5.74. The van der Waals surface area contributed by atoms with Gasteiger partial charge in [-0.15, -0.1) is 0 Å². The Bertz CT molecular complexity index is 699. The maximum absolute atomic E-state index is 12.6. The summed E-state index contributed by atoms with van der Waals surface area (Å²) in [5, 5.41) is 2.89. The molecular weight excluding hydrogens is 360 g/mol. The van der Waals surface area contributed by atoms with Crippen LogP contribution < -0.4 is 9.62 Å². The first-order valence-corrected chi connectivity index (χ1v) is 11.7. The van der Waals surface area contributed by atoms with Crippen molar-refractivity contribution in [1.29, 1.82) is 0 Å². The molecule has 6 heteroatoms. The lowest BCUT2D eigenvalue weighted by molar-refractivity contribution is -0.120. The number of rotatable bonds is 10. The quantitative estimate of drug-likeness (QED) is 0.643. The molecule has 0 unspecified atom stereocenters. The van der Waals surface area contributed by atoms with Crippen molar-refractivity contribution in [3.05, 3.63) is 29.3 Å². The number of anilines is 1. The molecule has 1 aromatic rings. The number of carbonyl (C=O) groups is 1. The first kappa shape index (κ1) is 23.5. The van der Waals surface area contributed by atoms with Gasteiger partial charge in [-0.25, -0.2) is 8.42 Å². The van der Waals surface area contributed by atoms with E-state index in [1.54, 1.807) is 0 Å². The third-order valence-electron chi connectivity index (χ3n) is 4.58. The van der Waals surface area contributed by atoms with Gasteiger partial charge in [-0.1, -0.05) is 59.7 Å². The fraction of sp³-hybridized carbons (Fsp3) is 0.667. The first-order valence-electron chi connectivity index (χ1n) is 9.82. The fourth-order valence-electron chi connectivity index (χ4n) is 3.03. The molecule has 27 heavy (non-hydrogen) atoms. The second-order valence-electron chi connectivity index (χ2n) is 8.21. The summed E-state index contributed by atoms with van der Waals surface area (Å²) < 4.78 is 26.6. The highest BCUT2D eigenvalue weighted by atomic mass is 32.2. The van der Waals surface area contributed by atoms with Crippen LogP contribution in [-0.2, 0) is 14.8 Å². The zero-order chi connectivity index (χ0) is 20.8. The molecule has 154 valence electrons. The van der Waals surface area contributed by atoms with Crippen molar-refractivity contribution in [2.75, 3.05) is 23.7 Å². The summed E-state index contributed by atoms with van der Waals surface area (Å²) in [5.74, 6) is 0.771. The molecule has 1 N–H and O–H groups in total. The van der Waals surface area contributed by atoms with Gasteiger partial charge in [0.25, 0.3) is 0 Å². The molecule has 1 rings (SSSR count). The normalized spacial score (nSPS) is 12.1. The lowest BCUT2D eigenvalue weighted by Crippen LogP contribution is -2.36. The molecule has 0 aliphatic heterocycles. The van der Waals surface area contributed by atoms with Gasteiger partial charge >= 0.3 is 0 Å². The Labute approximate surface area is 165 Å². The number of sulfonamides is 1. The van der Waals surface area contributed by atoms with E-state index in [2.05, 4.69) is 46.9 Å². The lowest BCUT2D eigenvalue weighted by atomic mass is 9.92. The summed E-state index contributed by atoms with van der Waals surface area (Å²) in [6.07, 6.45) is 2.27. The van der Waals surface area contributed by atoms with Gasteiger partial charge in [-0.05, 0) is 35.3 Å². The van der Waals surface area contributed by atoms with E-state index in [0.29, 0.717) is 12.5 Å². The number of nitrogens with one attached hydrogen (secondary N) is 1. The van der Waals surface area contributed by atoms with E-state index >= 15 is 0 Å². The highest BCUT2D eigenvalue weighted by Gasteiger charge is 2.26. The van der Waals surface area contributed by atoms with Crippen molar-refractivity contribution in [3.8, 4) is 0 Å². The van der Waals surface area contributed by atoms with E-state index in [4.69, 9.17) is 0 Å². The summed E-state index contributed by atoms with van der Waals surface area (Å²) in [7, 11) is -3.51. The van der Waals surface area contributed by atoms with Crippen molar-refractivity contribution >= 4 is 21.6 Å². The Balaban J connectivity index is 3.14. The fourth-order valence-corrected chi connectivity index (χ4v) is 4.00. The predicted octanol–water partition coefficient (Wildman–Crippen LogP) is 4.25. The minimum Gasteiger partial charge on any atom is -0.356 e. The Hall–Kier alpha value is -1.56. The van der Waals surface area contributed by atoms with Crippen LogP contribution >= 0.6 is 0 Å². The topological polar surface area (TPSA) is 66.5 Å². The minimum atomic E-state index is -3.51. The standard InChI is InChI=1S/C21H36N2O3S/c1-15(2)11-13-22-20(24)12-14-23(27(7,25)26)21-18(16(3)4)9-8-10-19(21)17(5)6/h8-10,15-17H,11-14H2,1-7H3,(H,22,24). The van der Waals surface area contributed by atoms with Crippen molar-refractivity contribution in [1.82, 2.24) is 5.32 Å². The summed E-state index contributed by atoms with van der Waals surface area (Å²) in [4.78, 5) is 12.2. The second kappa shape index (κ2) is 10.1. The highest BCUT2D eigenvalue weighted by molar-refractivity contribution is 7.92. The van der Waals surface area contributed by atoms with Gasteiger partial charge in [-0.3, -0.25) is 9.10 Å². The smallest absolute Gasteiger partial charge is 0.232 e. The second-order valence-corrected chi connectivity index (χ2v) is 10.1. The molecule has 1 amide bonds. The number of nitrogens with zero attached hydrogens (tertiary/aromatic N) is 1. The third kappa shape index (κ3) is 7.17. The summed E-state index contributed by atoms with van der Waals surface area (Å²) in [6, 6.07) is 5.94. The van der Waals surface area contributed by atoms with Crippen molar-refractivity contribution < 1.29 is 13.2 Å². The molecule has 0 heterocycles. The molecule has 0 aromatic heterocycles. The van der Waals surface area contributed by atoms with Gasteiger partial charge in [0.2, 0.25) is 15.9 Å². The molecule has 0 bridgehead atoms. The van der Waals surface area contributed by atoms with Crippen LogP contribution in [-0.4, -0.2) is 33.7 Å². The zero-order valence-corrected chi connectivity index (χ0v) is 18.7. The predicted molar refractivity (Wildman–Crippen MR) is 114 cm³/mol. The Morgan fingerprint density at radius 1 is 1.04 bits per heavy atom. The van der Waals surface area contributed by atoms with E-state index in [-0.39, 0.29) is 30.7 Å². The summed E-state index contributed by atoms with van der Waals surface area (Å²) in [5.41, 5.74) is 2.72. The molecule has 0 atom stereocenters. The number of amides is 1. The van der Waals surface area contributed by atoms with Gasteiger partial charge in [0.15, 0.2) is 0 Å². The van der Waals surface area contributed by atoms with Crippen molar-refractivity contribution in [3.63, 3.8) is 0 Å². The van der Waals surface area contributed by atoms with Gasteiger partial charge in [0.1, 0.15) is 0 Å². The summed E-state index contributed by atoms with van der Waals surface area (Å²) >= 11 is 0. The molecule has 0 aliphatic rings. The molecule has 0 radical (unpaired) electrons. The summed E-state index contributed by atoms with van der Waals surface area (Å²) in [6.45, 7) is 13.2.